The van der Waals surface area contributed by atoms with Crippen molar-refractivity contribution in [3.8, 4) is 0 Å². The molecule has 0 spiro atoms. The molecule has 0 atom stereocenters. The van der Waals surface area contributed by atoms with Gasteiger partial charge in [-0.15, -0.1) is 0 Å². The summed E-state index contributed by atoms with van der Waals surface area (Å²) in [5.74, 6) is 0.486. The number of benzene rings is 1. The zero-order chi connectivity index (χ0) is 16.7. The zero-order valence-electron chi connectivity index (χ0n) is 14.2. The normalized spacial score (nSPS) is 16.1. The van der Waals surface area contributed by atoms with Gasteiger partial charge in [0, 0.05) is 34.6 Å². The number of rotatable bonds is 8. The Morgan fingerprint density at radius 3 is 2.22 bits per heavy atom. The smallest absolute Gasteiger partial charge is 0.407 e. The van der Waals surface area contributed by atoms with E-state index in [2.05, 4.69) is 13.8 Å². The van der Waals surface area contributed by atoms with Crippen molar-refractivity contribution >= 4 is 35.8 Å². The minimum atomic E-state index is -0.433. The van der Waals surface area contributed by atoms with Gasteiger partial charge in [-0.3, -0.25) is 0 Å². The highest BCUT2D eigenvalue weighted by molar-refractivity contribution is 6.68. The standard InChI is InChI=1S/C18H27BCl2O2/c1-3-5-6-7-9-15-12-22-19(23-13-15)18-16(20)10-14(8-4-2)11-17(18)21/h10-11,15H,3-9,12-13H2,1-2H3. The molecular formula is C18H27BCl2O2. The average Bonchev–Trinajstić information content (AvgIpc) is 2.53. The summed E-state index contributed by atoms with van der Waals surface area (Å²) in [7, 11) is -0.433. The van der Waals surface area contributed by atoms with Gasteiger partial charge in [0.1, 0.15) is 0 Å². The van der Waals surface area contributed by atoms with Gasteiger partial charge in [-0.05, 0) is 30.5 Å². The second-order valence-corrected chi connectivity index (χ2v) is 7.25. The number of halogens is 2. The van der Waals surface area contributed by atoms with Crippen LogP contribution in [0.15, 0.2) is 12.1 Å². The van der Waals surface area contributed by atoms with E-state index in [4.69, 9.17) is 32.5 Å². The van der Waals surface area contributed by atoms with E-state index >= 15 is 0 Å². The van der Waals surface area contributed by atoms with Crippen molar-refractivity contribution in [1.29, 1.82) is 0 Å². The van der Waals surface area contributed by atoms with E-state index < -0.39 is 7.12 Å². The lowest BCUT2D eigenvalue weighted by Gasteiger charge is -2.28. The largest absolute Gasteiger partial charge is 0.496 e. The highest BCUT2D eigenvalue weighted by Crippen LogP contribution is 2.23. The lowest BCUT2D eigenvalue weighted by molar-refractivity contribution is 0.0811. The van der Waals surface area contributed by atoms with E-state index in [0.29, 0.717) is 16.0 Å². The molecule has 1 heterocycles. The second-order valence-electron chi connectivity index (χ2n) is 6.44. The van der Waals surface area contributed by atoms with E-state index in [0.717, 1.165) is 37.1 Å². The van der Waals surface area contributed by atoms with E-state index in [9.17, 15) is 0 Å². The van der Waals surface area contributed by atoms with Gasteiger partial charge in [-0.1, -0.05) is 69.2 Å². The maximum atomic E-state index is 6.41. The van der Waals surface area contributed by atoms with Crippen LogP contribution in [0, 0.1) is 5.92 Å². The van der Waals surface area contributed by atoms with E-state index in [-0.39, 0.29) is 0 Å². The molecule has 1 aliphatic rings. The third-order valence-electron chi connectivity index (χ3n) is 4.35. The Kier molecular flexibility index (Phi) is 8.25. The third kappa shape index (κ3) is 5.67. The summed E-state index contributed by atoms with van der Waals surface area (Å²) in [6, 6.07) is 3.96. The van der Waals surface area contributed by atoms with Gasteiger partial charge in [-0.2, -0.15) is 0 Å². The van der Waals surface area contributed by atoms with Crippen LogP contribution in [0.5, 0.6) is 0 Å². The summed E-state index contributed by atoms with van der Waals surface area (Å²) >= 11 is 12.8. The molecule has 2 rings (SSSR count). The zero-order valence-corrected chi connectivity index (χ0v) is 15.8. The summed E-state index contributed by atoms with van der Waals surface area (Å²) in [4.78, 5) is 0. The molecular weight excluding hydrogens is 330 g/mol. The van der Waals surface area contributed by atoms with Crippen molar-refractivity contribution in [2.24, 2.45) is 5.92 Å². The van der Waals surface area contributed by atoms with Crippen LogP contribution >= 0.6 is 23.2 Å². The summed E-state index contributed by atoms with van der Waals surface area (Å²) in [6.45, 7) is 5.82. The highest BCUT2D eigenvalue weighted by atomic mass is 35.5. The molecule has 1 saturated heterocycles. The number of aryl methyl sites for hydroxylation is 1. The Hall–Kier alpha value is -0.215. The van der Waals surface area contributed by atoms with Crippen molar-refractivity contribution < 1.29 is 9.31 Å². The van der Waals surface area contributed by atoms with Crippen LogP contribution in [-0.2, 0) is 15.7 Å². The SMILES string of the molecule is CCCCCCC1COB(c2c(Cl)cc(CCC)cc2Cl)OC1. The summed E-state index contributed by atoms with van der Waals surface area (Å²) < 4.78 is 11.8. The van der Waals surface area contributed by atoms with Gasteiger partial charge >= 0.3 is 7.12 Å². The molecule has 1 aliphatic heterocycles. The summed E-state index contributed by atoms with van der Waals surface area (Å²) in [6.07, 6.45) is 8.35. The maximum Gasteiger partial charge on any atom is 0.496 e. The van der Waals surface area contributed by atoms with E-state index in [1.165, 1.54) is 32.1 Å². The number of unbranched alkanes of at least 4 members (excludes halogenated alkanes) is 3. The minimum absolute atomic E-state index is 0.433. The lowest BCUT2D eigenvalue weighted by atomic mass is 9.76. The molecule has 0 radical (unpaired) electrons. The first-order valence-corrected chi connectivity index (χ1v) is 9.62. The molecule has 0 N–H and O–H groups in total. The van der Waals surface area contributed by atoms with Crippen LogP contribution in [-0.4, -0.2) is 20.3 Å². The first kappa shape index (κ1) is 19.1. The van der Waals surface area contributed by atoms with Gasteiger partial charge in [0.05, 0.1) is 0 Å². The Bertz CT molecular complexity index is 465. The average molecular weight is 357 g/mol. The van der Waals surface area contributed by atoms with Crippen molar-refractivity contribution in [2.75, 3.05) is 13.2 Å². The molecule has 0 amide bonds. The van der Waals surface area contributed by atoms with Crippen molar-refractivity contribution in [1.82, 2.24) is 0 Å². The third-order valence-corrected chi connectivity index (χ3v) is 4.97. The van der Waals surface area contributed by atoms with E-state index in [1.54, 1.807) is 0 Å². The molecule has 0 aromatic heterocycles. The lowest BCUT2D eigenvalue weighted by Crippen LogP contribution is -2.45. The first-order chi connectivity index (χ1) is 11.2. The molecule has 0 bridgehead atoms. The molecule has 0 unspecified atom stereocenters. The second kappa shape index (κ2) is 9.93. The molecule has 2 nitrogen and oxygen atoms in total. The fourth-order valence-corrected chi connectivity index (χ4v) is 3.74. The molecule has 1 fully saturated rings. The van der Waals surface area contributed by atoms with Crippen molar-refractivity contribution in [3.63, 3.8) is 0 Å². The predicted octanol–water partition coefficient (Wildman–Crippen LogP) is 5.27. The molecule has 0 saturated carbocycles. The minimum Gasteiger partial charge on any atom is -0.407 e. The van der Waals surface area contributed by atoms with Gasteiger partial charge < -0.3 is 9.31 Å². The Balaban J connectivity index is 1.90. The Labute approximate surface area is 151 Å². The van der Waals surface area contributed by atoms with Crippen LogP contribution in [0.1, 0.15) is 57.9 Å². The number of hydrogen-bond donors (Lipinski definition) is 0. The molecule has 0 aliphatic carbocycles. The van der Waals surface area contributed by atoms with Crippen LogP contribution in [0.25, 0.3) is 0 Å². The quantitative estimate of drug-likeness (QED) is 0.466. The fourth-order valence-electron chi connectivity index (χ4n) is 3.03. The van der Waals surface area contributed by atoms with Gasteiger partial charge in [-0.25, -0.2) is 0 Å². The van der Waals surface area contributed by atoms with Crippen LogP contribution in [0.3, 0.4) is 0 Å². The highest BCUT2D eigenvalue weighted by Gasteiger charge is 2.32. The fraction of sp³-hybridized carbons (Fsp3) is 0.667. The van der Waals surface area contributed by atoms with E-state index in [1.807, 2.05) is 12.1 Å². The summed E-state index contributed by atoms with van der Waals surface area (Å²) in [5, 5.41) is 1.29. The molecule has 5 heteroatoms. The molecule has 1 aromatic carbocycles. The van der Waals surface area contributed by atoms with Crippen molar-refractivity contribution in [2.45, 2.75) is 58.8 Å². The molecule has 1 aromatic rings. The van der Waals surface area contributed by atoms with Crippen molar-refractivity contribution in [3.05, 3.63) is 27.7 Å². The van der Waals surface area contributed by atoms with Crippen LogP contribution < -0.4 is 5.46 Å². The molecule has 128 valence electrons. The molecule has 23 heavy (non-hydrogen) atoms. The summed E-state index contributed by atoms with van der Waals surface area (Å²) in [5.41, 5.74) is 1.94. The Morgan fingerprint density at radius 1 is 1.00 bits per heavy atom. The number of hydrogen-bond acceptors (Lipinski definition) is 2. The van der Waals surface area contributed by atoms with Gasteiger partial charge in [0.15, 0.2) is 0 Å². The monoisotopic (exact) mass is 356 g/mol. The predicted molar refractivity (Wildman–Crippen MR) is 100.0 cm³/mol. The first-order valence-electron chi connectivity index (χ1n) is 8.86. The Morgan fingerprint density at radius 2 is 1.65 bits per heavy atom. The topological polar surface area (TPSA) is 18.5 Å². The van der Waals surface area contributed by atoms with Gasteiger partial charge in [0.2, 0.25) is 0 Å². The maximum absolute atomic E-state index is 6.41. The van der Waals surface area contributed by atoms with Crippen LogP contribution in [0.4, 0.5) is 0 Å². The van der Waals surface area contributed by atoms with Crippen LogP contribution in [0.2, 0.25) is 10.0 Å². The van der Waals surface area contributed by atoms with Gasteiger partial charge in [0.25, 0.3) is 0 Å².